The van der Waals surface area contributed by atoms with Crippen LogP contribution in [0, 0.1) is 0 Å². The van der Waals surface area contributed by atoms with Gasteiger partial charge in [0.1, 0.15) is 5.65 Å². The molecule has 0 radical (unpaired) electrons. The Hall–Kier alpha value is -2.60. The lowest BCUT2D eigenvalue weighted by molar-refractivity contribution is -0.128. The number of carbonyl (C=O) groups excluding carboxylic acids is 1. The highest BCUT2D eigenvalue weighted by atomic mass is 32.2. The van der Waals surface area contributed by atoms with Gasteiger partial charge in [0.2, 0.25) is 5.91 Å². The molecule has 142 valence electrons. The molecule has 0 spiro atoms. The van der Waals surface area contributed by atoms with Crippen LogP contribution >= 0.6 is 11.8 Å². The molecule has 4 aromatic rings. The molecule has 28 heavy (non-hydrogen) atoms. The van der Waals surface area contributed by atoms with Crippen LogP contribution < -0.4 is 0 Å². The zero-order chi connectivity index (χ0) is 18.9. The molecule has 2 aromatic heterocycles. The molecule has 1 fully saturated rings. The van der Waals surface area contributed by atoms with E-state index in [2.05, 4.69) is 16.5 Å². The lowest BCUT2D eigenvalue weighted by Gasteiger charge is -2.20. The molecule has 0 unspecified atom stereocenters. The van der Waals surface area contributed by atoms with Crippen molar-refractivity contribution in [2.75, 3.05) is 18.8 Å². The molecule has 5 rings (SSSR count). The van der Waals surface area contributed by atoms with Crippen molar-refractivity contribution in [3.05, 3.63) is 48.5 Å². The maximum Gasteiger partial charge on any atom is 0.233 e. The smallest absolute Gasteiger partial charge is 0.233 e. The van der Waals surface area contributed by atoms with Crippen LogP contribution in [0.15, 0.2) is 53.7 Å². The van der Waals surface area contributed by atoms with E-state index < -0.39 is 0 Å². The van der Waals surface area contributed by atoms with Crippen LogP contribution in [-0.2, 0) is 4.79 Å². The van der Waals surface area contributed by atoms with Crippen molar-refractivity contribution < 1.29 is 4.79 Å². The zero-order valence-corrected chi connectivity index (χ0v) is 16.5. The lowest BCUT2D eigenvalue weighted by Crippen LogP contribution is -2.33. The highest BCUT2D eigenvalue weighted by molar-refractivity contribution is 7.99. The van der Waals surface area contributed by atoms with Gasteiger partial charge in [0.05, 0.1) is 22.3 Å². The lowest BCUT2D eigenvalue weighted by atomic mass is 10.2. The van der Waals surface area contributed by atoms with Crippen LogP contribution in [0.25, 0.3) is 27.6 Å². The number of aromatic nitrogens is 3. The molecule has 1 amide bonds. The number of thioether (sulfide) groups is 1. The van der Waals surface area contributed by atoms with Gasteiger partial charge in [0.15, 0.2) is 5.16 Å². The van der Waals surface area contributed by atoms with Crippen molar-refractivity contribution in [3.8, 4) is 0 Å². The van der Waals surface area contributed by atoms with Crippen molar-refractivity contribution in [1.29, 1.82) is 0 Å². The number of rotatable bonds is 3. The fourth-order valence-corrected chi connectivity index (χ4v) is 4.86. The number of para-hydroxylation sites is 3. The van der Waals surface area contributed by atoms with E-state index in [1.165, 1.54) is 24.6 Å². The van der Waals surface area contributed by atoms with Crippen LogP contribution in [0.4, 0.5) is 0 Å². The van der Waals surface area contributed by atoms with Gasteiger partial charge in [-0.05, 0) is 37.1 Å². The number of fused-ring (bicyclic) bond motifs is 5. The van der Waals surface area contributed by atoms with Gasteiger partial charge < -0.3 is 4.90 Å². The van der Waals surface area contributed by atoms with Gasteiger partial charge in [-0.1, -0.05) is 48.9 Å². The zero-order valence-electron chi connectivity index (χ0n) is 15.7. The fourth-order valence-electron chi connectivity index (χ4n) is 3.95. The molecular weight excluding hydrogens is 368 g/mol. The molecule has 1 saturated heterocycles. The SMILES string of the molecule is O=C(CSc1nc2ccccc2c2nc3ccccc3n12)N1CCCCCC1. The molecule has 0 saturated carbocycles. The van der Waals surface area contributed by atoms with Gasteiger partial charge in [-0.25, -0.2) is 9.97 Å². The summed E-state index contributed by atoms with van der Waals surface area (Å²) in [6.07, 6.45) is 4.68. The van der Waals surface area contributed by atoms with Gasteiger partial charge >= 0.3 is 0 Å². The summed E-state index contributed by atoms with van der Waals surface area (Å²) in [6, 6.07) is 16.2. The second-order valence-electron chi connectivity index (χ2n) is 7.25. The predicted octanol–water partition coefficient (Wildman–Crippen LogP) is 4.53. The van der Waals surface area contributed by atoms with Crippen LogP contribution in [-0.4, -0.2) is 44.0 Å². The molecule has 2 aromatic carbocycles. The second kappa shape index (κ2) is 7.43. The largest absolute Gasteiger partial charge is 0.342 e. The number of benzene rings is 2. The monoisotopic (exact) mass is 390 g/mol. The van der Waals surface area contributed by atoms with Gasteiger partial charge in [-0.2, -0.15) is 0 Å². The maximum absolute atomic E-state index is 12.8. The third-order valence-electron chi connectivity index (χ3n) is 5.40. The fraction of sp³-hybridized carbons (Fsp3) is 0.318. The normalized spacial score (nSPS) is 15.4. The maximum atomic E-state index is 12.8. The van der Waals surface area contributed by atoms with E-state index in [0.29, 0.717) is 5.75 Å². The molecule has 1 aliphatic heterocycles. The number of nitrogens with zero attached hydrogens (tertiary/aromatic N) is 4. The third-order valence-corrected chi connectivity index (χ3v) is 6.32. The van der Waals surface area contributed by atoms with E-state index in [4.69, 9.17) is 9.97 Å². The van der Waals surface area contributed by atoms with Gasteiger partial charge in [-0.3, -0.25) is 9.20 Å². The highest BCUT2D eigenvalue weighted by Gasteiger charge is 2.18. The van der Waals surface area contributed by atoms with Crippen molar-refractivity contribution >= 4 is 45.3 Å². The summed E-state index contributed by atoms with van der Waals surface area (Å²) in [5, 5.41) is 1.85. The Morgan fingerprint density at radius 2 is 1.61 bits per heavy atom. The van der Waals surface area contributed by atoms with E-state index in [9.17, 15) is 4.79 Å². The first kappa shape index (κ1) is 17.5. The first-order valence-corrected chi connectivity index (χ1v) is 10.9. The molecule has 0 atom stereocenters. The minimum Gasteiger partial charge on any atom is -0.342 e. The molecular formula is C22H22N4OS. The average Bonchev–Trinajstić information content (AvgIpc) is 2.91. The Morgan fingerprint density at radius 3 is 2.43 bits per heavy atom. The molecule has 0 N–H and O–H groups in total. The number of likely N-dealkylation sites (tertiary alicyclic amines) is 1. The summed E-state index contributed by atoms with van der Waals surface area (Å²) in [7, 11) is 0. The first-order chi connectivity index (χ1) is 13.8. The van der Waals surface area contributed by atoms with Crippen LogP contribution in [0.3, 0.4) is 0 Å². The molecule has 0 aliphatic carbocycles. The number of carbonyl (C=O) groups is 1. The topological polar surface area (TPSA) is 50.5 Å². The summed E-state index contributed by atoms with van der Waals surface area (Å²) < 4.78 is 2.10. The molecule has 1 aliphatic rings. The van der Waals surface area contributed by atoms with Gasteiger partial charge in [0, 0.05) is 18.5 Å². The third kappa shape index (κ3) is 3.11. The Kier molecular flexibility index (Phi) is 4.64. The predicted molar refractivity (Wildman–Crippen MR) is 114 cm³/mol. The van der Waals surface area contributed by atoms with E-state index in [0.717, 1.165) is 58.7 Å². The van der Waals surface area contributed by atoms with E-state index in [1.807, 2.05) is 41.3 Å². The first-order valence-electron chi connectivity index (χ1n) is 9.88. The van der Waals surface area contributed by atoms with Crippen molar-refractivity contribution in [1.82, 2.24) is 19.3 Å². The van der Waals surface area contributed by atoms with Crippen molar-refractivity contribution in [2.45, 2.75) is 30.8 Å². The van der Waals surface area contributed by atoms with E-state index in [1.54, 1.807) is 0 Å². The standard InChI is InChI=1S/C22H22N4OS/c27-20(25-13-7-1-2-8-14-25)15-28-22-24-17-10-4-3-9-16(17)21-23-18-11-5-6-12-19(18)26(21)22/h3-6,9-12H,1-2,7-8,13-15H2. The summed E-state index contributed by atoms with van der Waals surface area (Å²) in [5.74, 6) is 0.617. The Balaban J connectivity index is 1.55. The van der Waals surface area contributed by atoms with Crippen LogP contribution in [0.1, 0.15) is 25.7 Å². The summed E-state index contributed by atoms with van der Waals surface area (Å²) in [6.45, 7) is 1.77. The second-order valence-corrected chi connectivity index (χ2v) is 8.20. The Morgan fingerprint density at radius 1 is 0.893 bits per heavy atom. The minimum atomic E-state index is 0.208. The quantitative estimate of drug-likeness (QED) is 0.381. The van der Waals surface area contributed by atoms with E-state index in [-0.39, 0.29) is 5.91 Å². The van der Waals surface area contributed by atoms with Crippen molar-refractivity contribution in [3.63, 3.8) is 0 Å². The number of amides is 1. The summed E-state index contributed by atoms with van der Waals surface area (Å²) in [4.78, 5) is 24.5. The molecule has 5 nitrogen and oxygen atoms in total. The van der Waals surface area contributed by atoms with Crippen LogP contribution in [0.5, 0.6) is 0 Å². The minimum absolute atomic E-state index is 0.208. The van der Waals surface area contributed by atoms with Crippen LogP contribution in [0.2, 0.25) is 0 Å². The summed E-state index contributed by atoms with van der Waals surface area (Å²) in [5.41, 5.74) is 3.79. The Labute approximate surface area is 167 Å². The number of hydrogen-bond donors (Lipinski definition) is 0. The molecule has 3 heterocycles. The summed E-state index contributed by atoms with van der Waals surface area (Å²) >= 11 is 1.51. The Bertz CT molecular complexity index is 1160. The van der Waals surface area contributed by atoms with Gasteiger partial charge in [0.25, 0.3) is 0 Å². The molecule has 6 heteroatoms. The highest BCUT2D eigenvalue weighted by Crippen LogP contribution is 2.29. The van der Waals surface area contributed by atoms with E-state index >= 15 is 0 Å². The van der Waals surface area contributed by atoms with Crippen molar-refractivity contribution in [2.24, 2.45) is 0 Å². The molecule has 0 bridgehead atoms. The number of hydrogen-bond acceptors (Lipinski definition) is 4. The average molecular weight is 391 g/mol. The van der Waals surface area contributed by atoms with Gasteiger partial charge in [-0.15, -0.1) is 0 Å². The number of imidazole rings is 1.